The van der Waals surface area contributed by atoms with E-state index in [-0.39, 0.29) is 23.6 Å². The van der Waals surface area contributed by atoms with Crippen molar-refractivity contribution in [2.45, 2.75) is 38.3 Å². The molecule has 1 aromatic heterocycles. The molecule has 2 N–H and O–H groups in total. The van der Waals surface area contributed by atoms with Crippen LogP contribution in [0.1, 0.15) is 37.8 Å². The van der Waals surface area contributed by atoms with Crippen LogP contribution in [0.15, 0.2) is 30.5 Å². The van der Waals surface area contributed by atoms with Crippen molar-refractivity contribution < 1.29 is 9.66 Å². The topological polar surface area (TPSA) is 102 Å². The fourth-order valence-corrected chi connectivity index (χ4v) is 2.52. The summed E-state index contributed by atoms with van der Waals surface area (Å²) < 4.78 is 5.18. The number of methoxy groups -OCH3 is 1. The van der Waals surface area contributed by atoms with Crippen molar-refractivity contribution in [1.82, 2.24) is 9.97 Å². The molecule has 1 saturated carbocycles. The van der Waals surface area contributed by atoms with Crippen molar-refractivity contribution >= 4 is 17.5 Å². The van der Waals surface area contributed by atoms with Gasteiger partial charge in [-0.2, -0.15) is 4.98 Å². The zero-order chi connectivity index (χ0) is 17.8. The van der Waals surface area contributed by atoms with Crippen LogP contribution in [0, 0.1) is 10.1 Å². The minimum Gasteiger partial charge on any atom is -0.497 e. The standard InChI is InChI=1S/C17H21N5O3/c1-3-14(11-4-8-13(25-2)9-5-11)20-17-18-10-15(22(23)24)16(21-17)19-12-6-7-12/h4-5,8-10,12,14H,3,6-7H2,1-2H3,(H2,18,19,20,21). The molecule has 1 aliphatic carbocycles. The Morgan fingerprint density at radius 3 is 2.64 bits per heavy atom. The maximum atomic E-state index is 11.1. The predicted octanol–water partition coefficient (Wildman–Crippen LogP) is 3.53. The smallest absolute Gasteiger partial charge is 0.329 e. The van der Waals surface area contributed by atoms with Crippen LogP contribution in [0.5, 0.6) is 5.75 Å². The van der Waals surface area contributed by atoms with E-state index in [1.54, 1.807) is 7.11 Å². The number of nitrogens with zero attached hydrogens (tertiary/aromatic N) is 3. The first-order chi connectivity index (χ1) is 12.1. The molecule has 8 nitrogen and oxygen atoms in total. The van der Waals surface area contributed by atoms with E-state index >= 15 is 0 Å². The molecular formula is C17H21N5O3. The maximum absolute atomic E-state index is 11.1. The normalized spacial score (nSPS) is 14.6. The Morgan fingerprint density at radius 2 is 2.08 bits per heavy atom. The molecule has 3 rings (SSSR count). The van der Waals surface area contributed by atoms with Gasteiger partial charge in [0.2, 0.25) is 11.8 Å². The van der Waals surface area contributed by atoms with Gasteiger partial charge in [0.05, 0.1) is 18.1 Å². The number of anilines is 2. The predicted molar refractivity (Wildman–Crippen MR) is 95.0 cm³/mol. The van der Waals surface area contributed by atoms with Gasteiger partial charge in [0.1, 0.15) is 11.9 Å². The van der Waals surface area contributed by atoms with Gasteiger partial charge in [0.25, 0.3) is 0 Å². The summed E-state index contributed by atoms with van der Waals surface area (Å²) in [6.45, 7) is 2.05. The molecule has 0 spiro atoms. The Kier molecular flexibility index (Phi) is 4.97. The van der Waals surface area contributed by atoms with E-state index in [1.807, 2.05) is 24.3 Å². The minimum absolute atomic E-state index is 0.00105. The second kappa shape index (κ2) is 7.33. The van der Waals surface area contributed by atoms with Gasteiger partial charge < -0.3 is 15.4 Å². The van der Waals surface area contributed by atoms with Crippen LogP contribution in [0.2, 0.25) is 0 Å². The summed E-state index contributed by atoms with van der Waals surface area (Å²) in [6.07, 6.45) is 4.08. The molecular weight excluding hydrogens is 322 g/mol. The molecule has 8 heteroatoms. The second-order valence-electron chi connectivity index (χ2n) is 5.98. The zero-order valence-corrected chi connectivity index (χ0v) is 14.2. The first-order valence-electron chi connectivity index (χ1n) is 8.29. The van der Waals surface area contributed by atoms with Gasteiger partial charge in [0, 0.05) is 6.04 Å². The third kappa shape index (κ3) is 4.14. The van der Waals surface area contributed by atoms with E-state index in [0.717, 1.165) is 30.6 Å². The fourth-order valence-electron chi connectivity index (χ4n) is 2.52. The molecule has 1 atom stereocenters. The van der Waals surface area contributed by atoms with E-state index in [4.69, 9.17) is 4.74 Å². The quantitative estimate of drug-likeness (QED) is 0.558. The highest BCUT2D eigenvalue weighted by Gasteiger charge is 2.26. The monoisotopic (exact) mass is 343 g/mol. The van der Waals surface area contributed by atoms with Gasteiger partial charge in [-0.05, 0) is 37.0 Å². The number of hydrogen-bond donors (Lipinski definition) is 2. The summed E-state index contributed by atoms with van der Waals surface area (Å²) in [5, 5.41) is 17.5. The lowest BCUT2D eigenvalue weighted by atomic mass is 10.0. The first-order valence-corrected chi connectivity index (χ1v) is 8.29. The molecule has 0 aliphatic heterocycles. The van der Waals surface area contributed by atoms with Gasteiger partial charge in [-0.25, -0.2) is 4.98 Å². The largest absolute Gasteiger partial charge is 0.497 e. The maximum Gasteiger partial charge on any atom is 0.329 e. The van der Waals surface area contributed by atoms with E-state index < -0.39 is 4.92 Å². The Hall–Kier alpha value is -2.90. The highest BCUT2D eigenvalue weighted by Crippen LogP contribution is 2.30. The number of nitro groups is 1. The van der Waals surface area contributed by atoms with Crippen molar-refractivity contribution in [2.24, 2.45) is 0 Å². The minimum atomic E-state index is -0.463. The summed E-state index contributed by atoms with van der Waals surface area (Å²) in [5.41, 5.74) is 0.969. The lowest BCUT2D eigenvalue weighted by Crippen LogP contribution is -2.14. The van der Waals surface area contributed by atoms with Crippen molar-refractivity contribution in [3.63, 3.8) is 0 Å². The van der Waals surface area contributed by atoms with Crippen LogP contribution in [0.3, 0.4) is 0 Å². The van der Waals surface area contributed by atoms with Crippen LogP contribution in [0.25, 0.3) is 0 Å². The summed E-state index contributed by atoms with van der Waals surface area (Å²) in [4.78, 5) is 19.1. The molecule has 1 aliphatic rings. The average Bonchev–Trinajstić information content (AvgIpc) is 3.44. The number of benzene rings is 1. The molecule has 1 heterocycles. The molecule has 1 aromatic carbocycles. The van der Waals surface area contributed by atoms with Crippen molar-refractivity contribution in [2.75, 3.05) is 17.7 Å². The second-order valence-corrected chi connectivity index (χ2v) is 5.98. The van der Waals surface area contributed by atoms with Gasteiger partial charge in [-0.1, -0.05) is 19.1 Å². The van der Waals surface area contributed by atoms with Crippen LogP contribution in [-0.4, -0.2) is 28.0 Å². The van der Waals surface area contributed by atoms with Gasteiger partial charge in [-0.15, -0.1) is 0 Å². The summed E-state index contributed by atoms with van der Waals surface area (Å²) >= 11 is 0. The summed E-state index contributed by atoms with van der Waals surface area (Å²) in [7, 11) is 1.63. The summed E-state index contributed by atoms with van der Waals surface area (Å²) in [5.74, 6) is 1.44. The van der Waals surface area contributed by atoms with Crippen molar-refractivity contribution in [3.05, 3.63) is 46.1 Å². The molecule has 1 fully saturated rings. The molecule has 25 heavy (non-hydrogen) atoms. The third-order valence-corrected chi connectivity index (χ3v) is 4.11. The van der Waals surface area contributed by atoms with E-state index in [9.17, 15) is 10.1 Å². The number of hydrogen-bond acceptors (Lipinski definition) is 7. The molecule has 0 bridgehead atoms. The van der Waals surface area contributed by atoms with Crippen LogP contribution in [-0.2, 0) is 0 Å². The Balaban J connectivity index is 1.80. The molecule has 2 aromatic rings. The van der Waals surface area contributed by atoms with Crippen LogP contribution < -0.4 is 15.4 Å². The van der Waals surface area contributed by atoms with Gasteiger partial charge in [-0.3, -0.25) is 10.1 Å². The van der Waals surface area contributed by atoms with Crippen molar-refractivity contribution in [1.29, 1.82) is 0 Å². The lowest BCUT2D eigenvalue weighted by molar-refractivity contribution is -0.384. The van der Waals surface area contributed by atoms with E-state index in [1.165, 1.54) is 6.20 Å². The molecule has 0 saturated heterocycles. The van der Waals surface area contributed by atoms with E-state index in [0.29, 0.717) is 5.95 Å². The highest BCUT2D eigenvalue weighted by molar-refractivity contribution is 5.58. The summed E-state index contributed by atoms with van der Waals surface area (Å²) in [6, 6.07) is 8.03. The fraction of sp³-hybridized carbons (Fsp3) is 0.412. The van der Waals surface area contributed by atoms with Gasteiger partial charge in [0.15, 0.2) is 0 Å². The number of nitrogens with one attached hydrogen (secondary N) is 2. The van der Waals surface area contributed by atoms with Crippen LogP contribution >= 0.6 is 0 Å². The molecule has 1 unspecified atom stereocenters. The Bertz CT molecular complexity index is 746. The third-order valence-electron chi connectivity index (χ3n) is 4.11. The Labute approximate surface area is 145 Å². The van der Waals surface area contributed by atoms with Gasteiger partial charge >= 0.3 is 5.69 Å². The number of aromatic nitrogens is 2. The number of rotatable bonds is 8. The Morgan fingerprint density at radius 1 is 1.36 bits per heavy atom. The molecule has 132 valence electrons. The number of ether oxygens (including phenoxy) is 1. The highest BCUT2D eigenvalue weighted by atomic mass is 16.6. The SMILES string of the molecule is CCC(Nc1ncc([N+](=O)[O-])c(NC2CC2)n1)c1ccc(OC)cc1. The van der Waals surface area contributed by atoms with Crippen molar-refractivity contribution in [3.8, 4) is 5.75 Å². The zero-order valence-electron chi connectivity index (χ0n) is 14.2. The average molecular weight is 343 g/mol. The first kappa shape index (κ1) is 16.9. The lowest BCUT2D eigenvalue weighted by Gasteiger charge is -2.18. The molecule has 0 radical (unpaired) electrons. The molecule has 0 amide bonds. The van der Waals surface area contributed by atoms with E-state index in [2.05, 4.69) is 27.5 Å². The van der Waals surface area contributed by atoms with Crippen LogP contribution in [0.4, 0.5) is 17.5 Å².